The lowest BCUT2D eigenvalue weighted by Gasteiger charge is -2.60. The fourth-order valence-electron chi connectivity index (χ4n) is 8.64. The zero-order valence-electron chi connectivity index (χ0n) is 17.4. The molecule has 0 radical (unpaired) electrons. The Labute approximate surface area is 171 Å². The van der Waals surface area contributed by atoms with Gasteiger partial charge in [0.1, 0.15) is 0 Å². The van der Waals surface area contributed by atoms with Crippen molar-refractivity contribution >= 4 is 11.6 Å². The monoisotopic (exact) mass is 384 g/mol. The van der Waals surface area contributed by atoms with Crippen LogP contribution < -0.4 is 0 Å². The maximum absolute atomic E-state index is 6.11. The number of rotatable bonds is 2. The van der Waals surface area contributed by atoms with E-state index in [4.69, 9.17) is 11.6 Å². The molecule has 0 spiro atoms. The van der Waals surface area contributed by atoms with Crippen molar-refractivity contribution in [1.82, 2.24) is 0 Å². The zero-order valence-corrected chi connectivity index (χ0v) is 18.1. The molecule has 2 unspecified atom stereocenters. The van der Waals surface area contributed by atoms with E-state index in [0.29, 0.717) is 10.8 Å². The summed E-state index contributed by atoms with van der Waals surface area (Å²) in [5, 5.41) is 0.868. The third-order valence-corrected chi connectivity index (χ3v) is 10.4. The molecule has 1 heteroatoms. The van der Waals surface area contributed by atoms with Crippen LogP contribution in [-0.2, 0) is 6.42 Å². The normalized spacial score (nSPS) is 46.4. The Morgan fingerprint density at radius 3 is 2.41 bits per heavy atom. The number of benzene rings is 1. The third kappa shape index (κ3) is 2.92. The van der Waals surface area contributed by atoms with Gasteiger partial charge >= 0.3 is 0 Å². The molecule has 0 aromatic heterocycles. The predicted octanol–water partition coefficient (Wildman–Crippen LogP) is 7.93. The fourth-order valence-corrected chi connectivity index (χ4v) is 8.77. The summed E-state index contributed by atoms with van der Waals surface area (Å²) in [5.41, 5.74) is 2.76. The van der Waals surface area contributed by atoms with Crippen molar-refractivity contribution in [3.8, 4) is 0 Å². The summed E-state index contributed by atoms with van der Waals surface area (Å²) in [6.07, 6.45) is 16.3. The van der Waals surface area contributed by atoms with E-state index in [9.17, 15) is 0 Å². The number of halogens is 1. The van der Waals surface area contributed by atoms with E-state index in [1.807, 2.05) is 0 Å². The Balaban J connectivity index is 1.37. The first kappa shape index (κ1) is 18.5. The summed E-state index contributed by atoms with van der Waals surface area (Å²) in [4.78, 5) is 0. The Hall–Kier alpha value is -0.490. The highest BCUT2D eigenvalue weighted by molar-refractivity contribution is 6.30. The quantitative estimate of drug-likeness (QED) is 0.485. The van der Waals surface area contributed by atoms with E-state index >= 15 is 0 Å². The summed E-state index contributed by atoms with van der Waals surface area (Å²) >= 11 is 6.11. The van der Waals surface area contributed by atoms with Crippen molar-refractivity contribution in [3.63, 3.8) is 0 Å². The van der Waals surface area contributed by atoms with Gasteiger partial charge in [-0.05, 0) is 116 Å². The van der Waals surface area contributed by atoms with Crippen LogP contribution >= 0.6 is 11.6 Å². The molecule has 0 nitrogen and oxygen atoms in total. The van der Waals surface area contributed by atoms with E-state index in [1.165, 1.54) is 69.8 Å². The van der Waals surface area contributed by atoms with E-state index in [0.717, 1.165) is 34.6 Å². The first-order valence-corrected chi connectivity index (χ1v) is 12.1. The molecule has 0 amide bonds. The maximum Gasteiger partial charge on any atom is 0.0406 e. The van der Waals surface area contributed by atoms with Gasteiger partial charge in [-0.25, -0.2) is 0 Å². The molecule has 4 aliphatic carbocycles. The molecular formula is C26H37Cl. The van der Waals surface area contributed by atoms with Gasteiger partial charge in [-0.3, -0.25) is 0 Å². The van der Waals surface area contributed by atoms with Crippen LogP contribution in [0.15, 0.2) is 24.3 Å². The minimum atomic E-state index is 0.582. The molecule has 0 N–H and O–H groups in total. The van der Waals surface area contributed by atoms with Gasteiger partial charge in [0.05, 0.1) is 0 Å². The van der Waals surface area contributed by atoms with Crippen molar-refractivity contribution in [2.45, 2.75) is 84.5 Å². The molecule has 0 saturated heterocycles. The zero-order chi connectivity index (χ0) is 18.6. The average Bonchev–Trinajstić information content (AvgIpc) is 2.99. The molecule has 27 heavy (non-hydrogen) atoms. The van der Waals surface area contributed by atoms with Crippen LogP contribution in [-0.4, -0.2) is 0 Å². The molecular weight excluding hydrogens is 348 g/mol. The van der Waals surface area contributed by atoms with E-state index in [1.54, 1.807) is 6.42 Å². The fraction of sp³-hybridized carbons (Fsp3) is 0.769. The second-order valence-corrected chi connectivity index (χ2v) is 11.5. The van der Waals surface area contributed by atoms with E-state index in [-0.39, 0.29) is 0 Å². The molecule has 148 valence electrons. The van der Waals surface area contributed by atoms with Crippen molar-refractivity contribution in [2.75, 3.05) is 0 Å². The molecule has 4 fully saturated rings. The lowest BCUT2D eigenvalue weighted by Crippen LogP contribution is -2.52. The van der Waals surface area contributed by atoms with Crippen molar-refractivity contribution in [1.29, 1.82) is 0 Å². The van der Waals surface area contributed by atoms with Gasteiger partial charge in [-0.15, -0.1) is 0 Å². The standard InChI is InChI=1S/C26H37Cl/c1-25-15-4-3-5-19(25)8-12-22-23-13-9-20(26(23,2)16-14-24(22)25)17-18-6-10-21(27)11-7-18/h6-7,10-11,19-20,22-24H,3-5,8-9,12-17H2,1-2H3/t19?,20?,22-,23-,24+,25-,26+/m0/s1. The van der Waals surface area contributed by atoms with Gasteiger partial charge in [0.15, 0.2) is 0 Å². The Bertz CT molecular complexity index is 678. The number of hydrogen-bond acceptors (Lipinski definition) is 0. The van der Waals surface area contributed by atoms with Crippen LogP contribution in [0.4, 0.5) is 0 Å². The molecule has 0 bridgehead atoms. The van der Waals surface area contributed by atoms with Crippen molar-refractivity contribution < 1.29 is 0 Å². The minimum Gasteiger partial charge on any atom is -0.0843 e. The van der Waals surface area contributed by atoms with Gasteiger partial charge in [0.25, 0.3) is 0 Å². The van der Waals surface area contributed by atoms with Crippen LogP contribution in [0.5, 0.6) is 0 Å². The van der Waals surface area contributed by atoms with Crippen molar-refractivity contribution in [2.24, 2.45) is 40.4 Å². The maximum atomic E-state index is 6.11. The Morgan fingerprint density at radius 1 is 0.815 bits per heavy atom. The summed E-state index contributed by atoms with van der Waals surface area (Å²) < 4.78 is 0. The SMILES string of the molecule is C[C@]12CCCCC1CC[C@@H]1[C@H]2CC[C@]2(C)C(Cc3ccc(Cl)cc3)CC[C@@H]12. The van der Waals surface area contributed by atoms with Gasteiger partial charge in [-0.1, -0.05) is 50.4 Å². The summed E-state index contributed by atoms with van der Waals surface area (Å²) in [6.45, 7) is 5.38. The highest BCUT2D eigenvalue weighted by atomic mass is 35.5. The molecule has 5 rings (SSSR count). The number of fused-ring (bicyclic) bond motifs is 5. The molecule has 1 aromatic carbocycles. The molecule has 7 atom stereocenters. The molecule has 4 saturated carbocycles. The highest BCUT2D eigenvalue weighted by Gasteiger charge is 2.59. The van der Waals surface area contributed by atoms with Gasteiger partial charge in [-0.2, -0.15) is 0 Å². The smallest absolute Gasteiger partial charge is 0.0406 e. The summed E-state index contributed by atoms with van der Waals surface area (Å²) in [5.74, 6) is 4.97. The largest absolute Gasteiger partial charge is 0.0843 e. The van der Waals surface area contributed by atoms with Crippen molar-refractivity contribution in [3.05, 3.63) is 34.9 Å². The van der Waals surface area contributed by atoms with Gasteiger partial charge in [0.2, 0.25) is 0 Å². The Kier molecular flexibility index (Phi) is 4.66. The van der Waals surface area contributed by atoms with Gasteiger partial charge < -0.3 is 0 Å². The van der Waals surface area contributed by atoms with Crippen LogP contribution in [0.2, 0.25) is 5.02 Å². The molecule has 0 heterocycles. The second kappa shape index (κ2) is 6.79. The van der Waals surface area contributed by atoms with Crippen LogP contribution in [0, 0.1) is 40.4 Å². The summed E-state index contributed by atoms with van der Waals surface area (Å²) in [6, 6.07) is 8.68. The first-order chi connectivity index (χ1) is 13.0. The topological polar surface area (TPSA) is 0 Å². The molecule has 4 aliphatic rings. The van der Waals surface area contributed by atoms with E-state index < -0.39 is 0 Å². The first-order valence-electron chi connectivity index (χ1n) is 11.8. The summed E-state index contributed by atoms with van der Waals surface area (Å²) in [7, 11) is 0. The molecule has 0 aliphatic heterocycles. The van der Waals surface area contributed by atoms with Crippen LogP contribution in [0.3, 0.4) is 0 Å². The molecule has 1 aromatic rings. The predicted molar refractivity (Wildman–Crippen MR) is 115 cm³/mol. The third-order valence-electron chi connectivity index (χ3n) is 10.2. The van der Waals surface area contributed by atoms with Crippen LogP contribution in [0.1, 0.15) is 83.6 Å². The lowest BCUT2D eigenvalue weighted by atomic mass is 9.45. The average molecular weight is 385 g/mol. The van der Waals surface area contributed by atoms with E-state index in [2.05, 4.69) is 38.1 Å². The van der Waals surface area contributed by atoms with Crippen LogP contribution in [0.25, 0.3) is 0 Å². The van der Waals surface area contributed by atoms with Gasteiger partial charge in [0, 0.05) is 5.02 Å². The lowest BCUT2D eigenvalue weighted by molar-refractivity contribution is -0.110. The Morgan fingerprint density at radius 2 is 1.59 bits per heavy atom. The number of hydrogen-bond donors (Lipinski definition) is 0. The second-order valence-electron chi connectivity index (χ2n) is 11.1. The minimum absolute atomic E-state index is 0.582. The highest BCUT2D eigenvalue weighted by Crippen LogP contribution is 2.67.